The van der Waals surface area contributed by atoms with Gasteiger partial charge in [-0.15, -0.1) is 0 Å². The van der Waals surface area contributed by atoms with Crippen LogP contribution in [0, 0.1) is 6.92 Å². The van der Waals surface area contributed by atoms with Gasteiger partial charge >= 0.3 is 0 Å². The van der Waals surface area contributed by atoms with Crippen molar-refractivity contribution in [2.45, 2.75) is 26.2 Å². The number of nitrogens with zero attached hydrogens (tertiary/aromatic N) is 3. The molecule has 0 radical (unpaired) electrons. The van der Waals surface area contributed by atoms with Gasteiger partial charge in [0.25, 0.3) is 5.91 Å². The highest BCUT2D eigenvalue weighted by atomic mass is 16.5. The average molecular weight is 451 g/mol. The van der Waals surface area contributed by atoms with E-state index in [0.717, 1.165) is 51.3 Å². The van der Waals surface area contributed by atoms with Crippen molar-refractivity contribution >= 4 is 23.2 Å². The van der Waals surface area contributed by atoms with Gasteiger partial charge in [-0.25, -0.2) is 0 Å². The van der Waals surface area contributed by atoms with Crippen LogP contribution in [0.2, 0.25) is 0 Å². The van der Waals surface area contributed by atoms with Gasteiger partial charge in [-0.3, -0.25) is 14.5 Å². The summed E-state index contributed by atoms with van der Waals surface area (Å²) in [4.78, 5) is 31.1. The van der Waals surface area contributed by atoms with Crippen molar-refractivity contribution in [3.05, 3.63) is 54.1 Å². The maximum absolute atomic E-state index is 12.3. The molecule has 2 amide bonds. The van der Waals surface area contributed by atoms with Crippen molar-refractivity contribution < 1.29 is 14.3 Å². The van der Waals surface area contributed by atoms with Gasteiger partial charge in [0.1, 0.15) is 5.75 Å². The molecule has 0 aromatic heterocycles. The van der Waals surface area contributed by atoms with Gasteiger partial charge in [-0.2, -0.15) is 0 Å². The third kappa shape index (κ3) is 6.26. The number of carbonyl (C=O) groups excluding carboxylic acids is 2. The molecule has 1 saturated heterocycles. The first-order valence-electron chi connectivity index (χ1n) is 11.9. The fraction of sp³-hybridized carbons (Fsp3) is 0.462. The van der Waals surface area contributed by atoms with Crippen molar-refractivity contribution in [3.63, 3.8) is 0 Å². The molecule has 0 spiro atoms. The summed E-state index contributed by atoms with van der Waals surface area (Å²) in [5.41, 5.74) is 3.36. The molecular weight excluding hydrogens is 416 g/mol. The maximum Gasteiger partial charge on any atom is 0.265 e. The molecule has 1 N–H and O–H groups in total. The van der Waals surface area contributed by atoms with Crippen LogP contribution in [0.4, 0.5) is 11.4 Å². The van der Waals surface area contributed by atoms with Crippen LogP contribution in [0.3, 0.4) is 0 Å². The molecule has 7 nitrogen and oxygen atoms in total. The molecule has 1 fully saturated rings. The smallest absolute Gasteiger partial charge is 0.265 e. The van der Waals surface area contributed by atoms with E-state index in [1.807, 2.05) is 24.3 Å². The van der Waals surface area contributed by atoms with Gasteiger partial charge in [-0.1, -0.05) is 24.3 Å². The number of amides is 2. The Balaban J connectivity index is 1.09. The lowest BCUT2D eigenvalue weighted by Gasteiger charge is -2.36. The second kappa shape index (κ2) is 11.2. The van der Waals surface area contributed by atoms with E-state index < -0.39 is 0 Å². The van der Waals surface area contributed by atoms with E-state index in [1.54, 1.807) is 4.90 Å². The Morgan fingerprint density at radius 2 is 1.82 bits per heavy atom. The molecular formula is C26H34N4O3. The number of nitrogens with one attached hydrogen (secondary N) is 1. The van der Waals surface area contributed by atoms with Gasteiger partial charge in [0.15, 0.2) is 6.61 Å². The van der Waals surface area contributed by atoms with Crippen LogP contribution in [0.15, 0.2) is 48.5 Å². The number of anilines is 2. The molecule has 0 aliphatic carbocycles. The van der Waals surface area contributed by atoms with Crippen LogP contribution < -0.4 is 19.9 Å². The topological polar surface area (TPSA) is 65.1 Å². The third-order valence-electron chi connectivity index (χ3n) is 6.33. The maximum atomic E-state index is 12.3. The highest BCUT2D eigenvalue weighted by molar-refractivity contribution is 5.98. The molecule has 0 bridgehead atoms. The van der Waals surface area contributed by atoms with E-state index >= 15 is 0 Å². The summed E-state index contributed by atoms with van der Waals surface area (Å²) in [6.07, 6.45) is 2.32. The molecule has 2 aromatic carbocycles. The van der Waals surface area contributed by atoms with E-state index in [-0.39, 0.29) is 18.4 Å². The zero-order valence-corrected chi connectivity index (χ0v) is 19.5. The fourth-order valence-corrected chi connectivity index (χ4v) is 4.44. The van der Waals surface area contributed by atoms with Crippen molar-refractivity contribution in [3.8, 4) is 5.75 Å². The van der Waals surface area contributed by atoms with Gasteiger partial charge in [0.05, 0.1) is 5.69 Å². The molecule has 2 aliphatic rings. The van der Waals surface area contributed by atoms with E-state index in [4.69, 9.17) is 4.74 Å². The number of aryl methyl sites for hydroxylation is 1. The van der Waals surface area contributed by atoms with E-state index in [9.17, 15) is 9.59 Å². The van der Waals surface area contributed by atoms with Crippen molar-refractivity contribution in [1.29, 1.82) is 0 Å². The normalized spacial score (nSPS) is 16.3. The highest BCUT2D eigenvalue weighted by Gasteiger charge is 2.25. The lowest BCUT2D eigenvalue weighted by Crippen LogP contribution is -2.46. The summed E-state index contributed by atoms with van der Waals surface area (Å²) in [7, 11) is 0. The molecule has 2 aromatic rings. The second-order valence-electron chi connectivity index (χ2n) is 8.78. The average Bonchev–Trinajstić information content (AvgIpc) is 2.83. The number of carbonyl (C=O) groups is 2. The molecule has 0 saturated carbocycles. The number of hydrogen-bond donors (Lipinski definition) is 1. The van der Waals surface area contributed by atoms with Crippen LogP contribution >= 0.6 is 0 Å². The lowest BCUT2D eigenvalue weighted by molar-refractivity contribution is -0.122. The molecule has 33 heavy (non-hydrogen) atoms. The Labute approximate surface area is 196 Å². The lowest BCUT2D eigenvalue weighted by atomic mass is 10.2. The Hall–Kier alpha value is -3.06. The monoisotopic (exact) mass is 450 g/mol. The summed E-state index contributed by atoms with van der Waals surface area (Å²) in [6, 6.07) is 16.2. The highest BCUT2D eigenvalue weighted by Crippen LogP contribution is 2.31. The zero-order valence-electron chi connectivity index (χ0n) is 19.5. The summed E-state index contributed by atoms with van der Waals surface area (Å²) >= 11 is 0. The quantitative estimate of drug-likeness (QED) is 0.595. The Morgan fingerprint density at radius 3 is 2.64 bits per heavy atom. The van der Waals surface area contributed by atoms with Crippen molar-refractivity contribution in [2.75, 3.05) is 62.2 Å². The molecule has 2 aliphatic heterocycles. The SMILES string of the molecule is Cc1cccc(N2CCN(CCCCNC(=O)CCN3C(=O)COc4ccccc43)CC2)c1. The predicted molar refractivity (Wildman–Crippen MR) is 131 cm³/mol. The Kier molecular flexibility index (Phi) is 7.83. The largest absolute Gasteiger partial charge is 0.482 e. The molecule has 0 atom stereocenters. The minimum absolute atomic E-state index is 0.0152. The predicted octanol–water partition coefficient (Wildman–Crippen LogP) is 2.83. The summed E-state index contributed by atoms with van der Waals surface area (Å²) in [5, 5.41) is 3.00. The summed E-state index contributed by atoms with van der Waals surface area (Å²) in [5.74, 6) is 0.569. The van der Waals surface area contributed by atoms with E-state index in [1.165, 1.54) is 11.3 Å². The first-order chi connectivity index (χ1) is 16.1. The molecule has 176 valence electrons. The third-order valence-corrected chi connectivity index (χ3v) is 6.33. The van der Waals surface area contributed by atoms with Crippen LogP contribution in [0.1, 0.15) is 24.8 Å². The molecule has 4 rings (SSSR count). The molecule has 0 unspecified atom stereocenters. The number of fused-ring (bicyclic) bond motifs is 1. The number of piperazine rings is 1. The first-order valence-corrected chi connectivity index (χ1v) is 11.9. The zero-order chi connectivity index (χ0) is 23.0. The van der Waals surface area contributed by atoms with Crippen molar-refractivity contribution in [1.82, 2.24) is 10.2 Å². The van der Waals surface area contributed by atoms with Crippen LogP contribution in [0.25, 0.3) is 0 Å². The number of unbranched alkanes of at least 4 members (excludes halogenated alkanes) is 1. The van der Waals surface area contributed by atoms with Crippen LogP contribution in [-0.2, 0) is 9.59 Å². The standard InChI is InChI=1S/C26H34N4O3/c1-21-7-6-8-22(19-21)29-17-15-28(16-18-29)13-5-4-12-27-25(31)11-14-30-23-9-2-3-10-24(23)33-20-26(30)32/h2-3,6-10,19H,4-5,11-18,20H2,1H3,(H,27,31). The fourth-order valence-electron chi connectivity index (χ4n) is 4.44. The number of hydrogen-bond acceptors (Lipinski definition) is 5. The minimum atomic E-state index is -0.107. The van der Waals surface area contributed by atoms with Gasteiger partial charge in [-0.05, 0) is 56.1 Å². The first kappa shape index (κ1) is 23.1. The Bertz CT molecular complexity index is 956. The Morgan fingerprint density at radius 1 is 1.00 bits per heavy atom. The van der Waals surface area contributed by atoms with Gasteiger partial charge < -0.3 is 19.9 Å². The summed E-state index contributed by atoms with van der Waals surface area (Å²) in [6.45, 7) is 8.55. The van der Waals surface area contributed by atoms with Crippen molar-refractivity contribution in [2.24, 2.45) is 0 Å². The number of rotatable bonds is 9. The second-order valence-corrected chi connectivity index (χ2v) is 8.78. The number of para-hydroxylation sites is 2. The summed E-state index contributed by atoms with van der Waals surface area (Å²) < 4.78 is 5.45. The van der Waals surface area contributed by atoms with Gasteiger partial charge in [0.2, 0.25) is 5.91 Å². The van der Waals surface area contributed by atoms with Crippen LogP contribution in [-0.4, -0.2) is 69.1 Å². The molecule has 2 heterocycles. The molecule has 7 heteroatoms. The number of ether oxygens (including phenoxy) is 1. The van der Waals surface area contributed by atoms with E-state index in [0.29, 0.717) is 25.3 Å². The minimum Gasteiger partial charge on any atom is -0.482 e. The number of benzene rings is 2. The van der Waals surface area contributed by atoms with Crippen LogP contribution in [0.5, 0.6) is 5.75 Å². The van der Waals surface area contributed by atoms with E-state index in [2.05, 4.69) is 46.3 Å². The van der Waals surface area contributed by atoms with Gasteiger partial charge in [0, 0.05) is 51.4 Å².